The second kappa shape index (κ2) is 9.27. The monoisotopic (exact) mass is 499 g/mol. The van der Waals surface area contributed by atoms with E-state index in [0.717, 1.165) is 4.90 Å². The summed E-state index contributed by atoms with van der Waals surface area (Å²) in [5.74, 6) is -1.65. The number of amides is 3. The van der Waals surface area contributed by atoms with E-state index in [1.807, 2.05) is 0 Å². The molecule has 3 amide bonds. The van der Waals surface area contributed by atoms with Crippen LogP contribution in [0.4, 0.5) is 17.1 Å². The molecule has 2 N–H and O–H groups in total. The molecule has 0 fully saturated rings. The first-order chi connectivity index (χ1) is 15.8. The molecule has 0 bridgehead atoms. The second-order valence-corrected chi connectivity index (χ2v) is 8.41. The lowest BCUT2D eigenvalue weighted by atomic mass is 10.1. The van der Waals surface area contributed by atoms with Crippen LogP contribution in [0.3, 0.4) is 0 Å². The van der Waals surface area contributed by atoms with Crippen molar-refractivity contribution in [2.75, 3.05) is 15.5 Å². The fraction of sp³-hybridized carbons (Fsp3) is 0.0417. The predicted molar refractivity (Wildman–Crippen MR) is 131 cm³/mol. The highest BCUT2D eigenvalue weighted by molar-refractivity contribution is 6.53. The Morgan fingerprint density at radius 2 is 1.55 bits per heavy atom. The first-order valence-corrected chi connectivity index (χ1v) is 10.9. The molecule has 0 radical (unpaired) electrons. The minimum absolute atomic E-state index is 0.0894. The zero-order valence-electron chi connectivity index (χ0n) is 17.2. The quantitative estimate of drug-likeness (QED) is 0.422. The van der Waals surface area contributed by atoms with Gasteiger partial charge in [-0.1, -0.05) is 53.0 Å². The first-order valence-electron chi connectivity index (χ1n) is 9.74. The molecule has 3 aromatic carbocycles. The number of hydrogen-bond donors (Lipinski definition) is 2. The average Bonchev–Trinajstić information content (AvgIpc) is 2.99. The standard InChI is InChI=1S/C24H16Cl3N3O3/c1-13-18(26)9-4-10-19(13)30-23(32)20(27)21(24(30)33)28-16-7-2-5-14(11-16)22(31)29-17-8-3-6-15(25)12-17/h2-12,28H,1H3,(H,29,31). The van der Waals surface area contributed by atoms with Crippen molar-refractivity contribution in [3.8, 4) is 0 Å². The summed E-state index contributed by atoms with van der Waals surface area (Å²) in [6.07, 6.45) is 0. The van der Waals surface area contributed by atoms with Crippen molar-refractivity contribution < 1.29 is 14.4 Å². The number of benzene rings is 3. The largest absolute Gasteiger partial charge is 0.350 e. The molecule has 1 heterocycles. The zero-order valence-corrected chi connectivity index (χ0v) is 19.4. The van der Waals surface area contributed by atoms with E-state index < -0.39 is 11.8 Å². The summed E-state index contributed by atoms with van der Waals surface area (Å²) in [7, 11) is 0. The Hall–Kier alpha value is -3.32. The molecule has 1 aliphatic heterocycles. The lowest BCUT2D eigenvalue weighted by Crippen LogP contribution is -2.32. The number of halogens is 3. The molecular weight excluding hydrogens is 485 g/mol. The number of carbonyl (C=O) groups is 3. The number of nitrogens with zero attached hydrogens (tertiary/aromatic N) is 1. The molecule has 33 heavy (non-hydrogen) atoms. The van der Waals surface area contributed by atoms with E-state index in [9.17, 15) is 14.4 Å². The van der Waals surface area contributed by atoms with Crippen molar-refractivity contribution in [2.24, 2.45) is 0 Å². The molecule has 0 spiro atoms. The van der Waals surface area contributed by atoms with Gasteiger partial charge in [0.1, 0.15) is 10.7 Å². The van der Waals surface area contributed by atoms with E-state index in [1.54, 1.807) is 73.7 Å². The lowest BCUT2D eigenvalue weighted by molar-refractivity contribution is -0.120. The molecule has 0 aromatic heterocycles. The number of rotatable bonds is 5. The molecular formula is C24H16Cl3N3O3. The maximum Gasteiger partial charge on any atom is 0.283 e. The van der Waals surface area contributed by atoms with Gasteiger partial charge in [-0.05, 0) is 61.0 Å². The van der Waals surface area contributed by atoms with Crippen LogP contribution in [0.25, 0.3) is 0 Å². The van der Waals surface area contributed by atoms with Gasteiger partial charge in [-0.25, -0.2) is 4.90 Å². The van der Waals surface area contributed by atoms with E-state index >= 15 is 0 Å². The summed E-state index contributed by atoms with van der Waals surface area (Å²) in [5.41, 5.74) is 2.12. The summed E-state index contributed by atoms with van der Waals surface area (Å²) in [6.45, 7) is 1.71. The molecule has 166 valence electrons. The summed E-state index contributed by atoms with van der Waals surface area (Å²) < 4.78 is 0. The minimum Gasteiger partial charge on any atom is -0.350 e. The molecule has 1 aliphatic rings. The molecule has 0 saturated heterocycles. The first kappa shape index (κ1) is 22.9. The third-order valence-corrected chi connectivity index (χ3v) is 5.98. The van der Waals surface area contributed by atoms with Gasteiger partial charge in [0.15, 0.2) is 0 Å². The van der Waals surface area contributed by atoms with Crippen LogP contribution in [0, 0.1) is 6.92 Å². The van der Waals surface area contributed by atoms with Crippen molar-refractivity contribution in [1.29, 1.82) is 0 Å². The minimum atomic E-state index is -0.663. The van der Waals surface area contributed by atoms with Crippen LogP contribution in [0.1, 0.15) is 15.9 Å². The maximum absolute atomic E-state index is 13.1. The molecule has 4 rings (SSSR count). The molecule has 0 atom stereocenters. The van der Waals surface area contributed by atoms with E-state index in [4.69, 9.17) is 34.8 Å². The van der Waals surface area contributed by atoms with Crippen molar-refractivity contribution in [3.63, 3.8) is 0 Å². The van der Waals surface area contributed by atoms with Gasteiger partial charge in [0.25, 0.3) is 17.7 Å². The van der Waals surface area contributed by atoms with Crippen LogP contribution in [0.5, 0.6) is 0 Å². The SMILES string of the molecule is Cc1c(Cl)cccc1N1C(=O)C(Cl)=C(Nc2cccc(C(=O)Nc3cccc(Cl)c3)c2)C1=O. The van der Waals surface area contributed by atoms with E-state index in [0.29, 0.717) is 38.2 Å². The summed E-state index contributed by atoms with van der Waals surface area (Å²) in [5, 5.41) is 6.29. The van der Waals surface area contributed by atoms with E-state index in [-0.39, 0.29) is 16.6 Å². The number of imide groups is 1. The highest BCUT2D eigenvalue weighted by Crippen LogP contribution is 2.34. The number of nitrogens with one attached hydrogen (secondary N) is 2. The Morgan fingerprint density at radius 3 is 2.30 bits per heavy atom. The Balaban J connectivity index is 1.56. The Kier molecular flexibility index (Phi) is 6.42. The molecule has 3 aromatic rings. The Labute approximate surface area is 204 Å². The average molecular weight is 501 g/mol. The number of carbonyl (C=O) groups excluding carboxylic acids is 3. The molecule has 6 nitrogen and oxygen atoms in total. The van der Waals surface area contributed by atoms with Crippen LogP contribution < -0.4 is 15.5 Å². The van der Waals surface area contributed by atoms with Gasteiger partial charge in [0.2, 0.25) is 0 Å². The van der Waals surface area contributed by atoms with Gasteiger partial charge >= 0.3 is 0 Å². The van der Waals surface area contributed by atoms with E-state index in [1.165, 1.54) is 0 Å². The second-order valence-electron chi connectivity index (χ2n) is 7.19. The topological polar surface area (TPSA) is 78.5 Å². The van der Waals surface area contributed by atoms with Crippen LogP contribution in [0.15, 0.2) is 77.5 Å². The van der Waals surface area contributed by atoms with E-state index in [2.05, 4.69) is 10.6 Å². The van der Waals surface area contributed by atoms with Crippen molar-refractivity contribution in [1.82, 2.24) is 0 Å². The summed E-state index contributed by atoms with van der Waals surface area (Å²) in [4.78, 5) is 39.4. The van der Waals surface area contributed by atoms with Crippen LogP contribution in [-0.4, -0.2) is 17.7 Å². The Bertz CT molecular complexity index is 1340. The smallest absolute Gasteiger partial charge is 0.283 e. The highest BCUT2D eigenvalue weighted by Gasteiger charge is 2.39. The van der Waals surface area contributed by atoms with Gasteiger partial charge in [-0.3, -0.25) is 14.4 Å². The lowest BCUT2D eigenvalue weighted by Gasteiger charge is -2.18. The maximum atomic E-state index is 13.1. The van der Waals surface area contributed by atoms with Gasteiger partial charge < -0.3 is 10.6 Å². The predicted octanol–water partition coefficient (Wildman–Crippen LogP) is 5.99. The van der Waals surface area contributed by atoms with Crippen molar-refractivity contribution in [3.05, 3.63) is 98.6 Å². The van der Waals surface area contributed by atoms with Gasteiger partial charge in [0.05, 0.1) is 5.69 Å². The fourth-order valence-electron chi connectivity index (χ4n) is 3.32. The normalized spacial score (nSPS) is 13.5. The van der Waals surface area contributed by atoms with Crippen LogP contribution in [-0.2, 0) is 9.59 Å². The van der Waals surface area contributed by atoms with Gasteiger partial charge in [-0.2, -0.15) is 0 Å². The molecule has 0 saturated carbocycles. The van der Waals surface area contributed by atoms with Gasteiger partial charge in [-0.15, -0.1) is 0 Å². The molecule has 0 aliphatic carbocycles. The van der Waals surface area contributed by atoms with Crippen LogP contribution in [0.2, 0.25) is 10.0 Å². The molecule has 0 unspecified atom stereocenters. The van der Waals surface area contributed by atoms with Gasteiger partial charge in [0, 0.05) is 27.0 Å². The third kappa shape index (κ3) is 4.59. The Morgan fingerprint density at radius 1 is 0.848 bits per heavy atom. The fourth-order valence-corrected chi connectivity index (χ4v) is 3.89. The molecule has 9 heteroatoms. The highest BCUT2D eigenvalue weighted by atomic mass is 35.5. The van der Waals surface area contributed by atoms with Crippen LogP contribution >= 0.6 is 34.8 Å². The zero-order chi connectivity index (χ0) is 23.7. The summed E-state index contributed by atoms with van der Waals surface area (Å²) in [6, 6.07) is 18.1. The van der Waals surface area contributed by atoms with Crippen molar-refractivity contribution in [2.45, 2.75) is 6.92 Å². The number of hydrogen-bond acceptors (Lipinski definition) is 4. The van der Waals surface area contributed by atoms with Crippen molar-refractivity contribution >= 4 is 69.6 Å². The summed E-state index contributed by atoms with van der Waals surface area (Å²) >= 11 is 18.3. The number of anilines is 3. The third-order valence-electron chi connectivity index (χ3n) is 4.98.